The Labute approximate surface area is 286 Å². The van der Waals surface area contributed by atoms with E-state index in [0.29, 0.717) is 62.5 Å². The van der Waals surface area contributed by atoms with Crippen LogP contribution < -0.4 is 11.1 Å². The molecule has 268 valence electrons. The molecule has 2 saturated heterocycles. The Morgan fingerprint density at radius 3 is 2.28 bits per heavy atom. The van der Waals surface area contributed by atoms with Gasteiger partial charge in [-0.25, -0.2) is 9.78 Å². The summed E-state index contributed by atoms with van der Waals surface area (Å²) in [5.41, 5.74) is 6.01. The number of carboxylic acid groups (broad SMARTS) is 1. The van der Waals surface area contributed by atoms with Crippen LogP contribution in [-0.4, -0.2) is 108 Å². The second kappa shape index (κ2) is 15.4. The van der Waals surface area contributed by atoms with Crippen LogP contribution in [0.4, 0.5) is 23.7 Å². The molecule has 2 aliphatic rings. The number of urea groups is 1. The van der Waals surface area contributed by atoms with Gasteiger partial charge in [-0.1, -0.05) is 6.92 Å². The third-order valence-corrected chi connectivity index (χ3v) is 8.72. The van der Waals surface area contributed by atoms with Crippen LogP contribution in [0, 0.1) is 11.3 Å². The summed E-state index contributed by atoms with van der Waals surface area (Å²) in [5, 5.41) is 22.0. The average Bonchev–Trinajstić information content (AvgIpc) is 3.68. The number of nitrogens with zero attached hydrogens (tertiary/aromatic N) is 8. The zero-order valence-electron chi connectivity index (χ0n) is 27.9. The van der Waals surface area contributed by atoms with E-state index in [1.165, 1.54) is 11.6 Å². The van der Waals surface area contributed by atoms with Crippen LogP contribution >= 0.6 is 0 Å². The summed E-state index contributed by atoms with van der Waals surface area (Å²) >= 11 is 0. The quantitative estimate of drug-likeness (QED) is 0.324. The molecule has 1 aromatic carbocycles. The van der Waals surface area contributed by atoms with Crippen molar-refractivity contribution in [1.82, 2.24) is 34.0 Å². The number of aryl methyl sites for hydroxylation is 1. The normalized spacial score (nSPS) is 15.8. The number of imidazole rings is 1. The fraction of sp³-hybridized carbons (Fsp3) is 0.469. The van der Waals surface area contributed by atoms with Gasteiger partial charge in [0.25, 0.3) is 18.3 Å². The number of aromatic nitrogens is 4. The highest BCUT2D eigenvalue weighted by molar-refractivity contribution is 6.03. The molecule has 18 heteroatoms. The molecule has 4 amide bonds. The summed E-state index contributed by atoms with van der Waals surface area (Å²) in [6.45, 7) is 6.11. The van der Waals surface area contributed by atoms with Crippen molar-refractivity contribution in [3.05, 3.63) is 53.2 Å². The van der Waals surface area contributed by atoms with Crippen molar-refractivity contribution < 1.29 is 37.5 Å². The Kier molecular flexibility index (Phi) is 11.5. The Bertz CT molecular complexity index is 1760. The molecule has 0 bridgehead atoms. The van der Waals surface area contributed by atoms with Crippen molar-refractivity contribution in [3.8, 4) is 17.3 Å². The Morgan fingerprint density at radius 1 is 1.10 bits per heavy atom. The van der Waals surface area contributed by atoms with Gasteiger partial charge in [-0.05, 0) is 49.9 Å². The fourth-order valence-electron chi connectivity index (χ4n) is 5.88. The molecule has 15 nitrogen and oxygen atoms in total. The molecule has 0 aliphatic carbocycles. The SMILES string of the molecule is CCc1cc(NC(=O)c2ncc(-c3cn(CC#N)nc3C(F)(F)F)n2C)ccc1C(=O)N1CCN(C(=O)N2CCC(C)(N)CC2)CC1.O=CO. The van der Waals surface area contributed by atoms with Gasteiger partial charge in [-0.2, -0.15) is 23.5 Å². The molecule has 0 spiro atoms. The highest BCUT2D eigenvalue weighted by atomic mass is 19.4. The molecule has 4 N–H and O–H groups in total. The van der Waals surface area contributed by atoms with Gasteiger partial charge in [-0.3, -0.25) is 19.1 Å². The number of anilines is 1. The van der Waals surface area contributed by atoms with E-state index in [4.69, 9.17) is 20.9 Å². The molecular formula is C32H39F3N10O5. The molecule has 50 heavy (non-hydrogen) atoms. The van der Waals surface area contributed by atoms with Crippen molar-refractivity contribution in [1.29, 1.82) is 5.26 Å². The average molecular weight is 701 g/mol. The summed E-state index contributed by atoms with van der Waals surface area (Å²) in [5.74, 6) is -0.980. The van der Waals surface area contributed by atoms with Crippen molar-refractivity contribution in [2.45, 2.75) is 51.4 Å². The molecular weight excluding hydrogens is 661 g/mol. The number of alkyl halides is 3. The highest BCUT2D eigenvalue weighted by Gasteiger charge is 2.39. The van der Waals surface area contributed by atoms with E-state index >= 15 is 0 Å². The summed E-state index contributed by atoms with van der Waals surface area (Å²) in [7, 11) is 1.41. The minimum Gasteiger partial charge on any atom is -0.483 e. The van der Waals surface area contributed by atoms with Crippen LogP contribution in [0.5, 0.6) is 0 Å². The summed E-state index contributed by atoms with van der Waals surface area (Å²) < 4.78 is 43.1. The van der Waals surface area contributed by atoms with Gasteiger partial charge >= 0.3 is 12.2 Å². The van der Waals surface area contributed by atoms with Gasteiger partial charge in [0.1, 0.15) is 6.54 Å². The number of piperazine rings is 1. The van der Waals surface area contributed by atoms with E-state index < -0.39 is 17.8 Å². The van der Waals surface area contributed by atoms with E-state index in [2.05, 4.69) is 15.4 Å². The van der Waals surface area contributed by atoms with E-state index in [9.17, 15) is 27.6 Å². The fourth-order valence-corrected chi connectivity index (χ4v) is 5.88. The summed E-state index contributed by atoms with van der Waals surface area (Å²) in [4.78, 5) is 57.4. The van der Waals surface area contributed by atoms with Crippen LogP contribution in [0.3, 0.4) is 0 Å². The zero-order valence-corrected chi connectivity index (χ0v) is 27.9. The van der Waals surface area contributed by atoms with Crippen molar-refractivity contribution >= 4 is 30.0 Å². The van der Waals surface area contributed by atoms with Crippen molar-refractivity contribution in [2.75, 3.05) is 44.6 Å². The lowest BCUT2D eigenvalue weighted by molar-refractivity contribution is -0.141. The van der Waals surface area contributed by atoms with Crippen LogP contribution in [-0.2, 0) is 31.0 Å². The van der Waals surface area contributed by atoms with Crippen molar-refractivity contribution in [3.63, 3.8) is 0 Å². The van der Waals surface area contributed by atoms with Gasteiger partial charge < -0.3 is 35.4 Å². The molecule has 0 unspecified atom stereocenters. The molecule has 0 radical (unpaired) electrons. The zero-order chi connectivity index (χ0) is 36.8. The molecule has 3 aromatic rings. The molecule has 0 saturated carbocycles. The smallest absolute Gasteiger partial charge is 0.435 e. The number of nitrogens with two attached hydrogens (primary N) is 1. The largest absolute Gasteiger partial charge is 0.483 e. The standard InChI is InChI=1S/C31H37F3N10O3.CH2O2/c1-4-20-17-21(38-27(45)26-37-18-24(40(26)3)23-19-44(12-9-35)39-25(23)31(32,33)34)5-6-22(20)28(46)41-13-15-43(16-14-41)29(47)42-10-7-30(2,36)8-11-42;2-1-3/h5-6,17-19H,4,7-8,10-16,36H2,1-3H3,(H,38,45);1H,(H,2,3). The van der Waals surface area contributed by atoms with Crippen LogP contribution in [0.15, 0.2) is 30.6 Å². The number of hydrogen-bond acceptors (Lipinski definition) is 8. The molecule has 2 aliphatic heterocycles. The molecule has 4 heterocycles. The topological polar surface area (TPSA) is 196 Å². The lowest BCUT2D eigenvalue weighted by atomic mass is 9.91. The first-order chi connectivity index (χ1) is 23.6. The van der Waals surface area contributed by atoms with E-state index in [-0.39, 0.29) is 47.6 Å². The van der Waals surface area contributed by atoms with Gasteiger partial charge in [-0.15, -0.1) is 0 Å². The first kappa shape index (κ1) is 37.4. The Morgan fingerprint density at radius 2 is 1.70 bits per heavy atom. The van der Waals surface area contributed by atoms with Gasteiger partial charge in [0.05, 0.1) is 23.5 Å². The molecule has 2 fully saturated rings. The minimum atomic E-state index is -4.79. The Balaban J connectivity index is 0.00000181. The van der Waals surface area contributed by atoms with Crippen molar-refractivity contribution in [2.24, 2.45) is 12.8 Å². The second-order valence-corrected chi connectivity index (χ2v) is 12.3. The number of halogens is 3. The number of benzene rings is 1. The number of piperidine rings is 1. The monoisotopic (exact) mass is 700 g/mol. The predicted molar refractivity (Wildman–Crippen MR) is 174 cm³/mol. The maximum Gasteiger partial charge on any atom is 0.435 e. The van der Waals surface area contributed by atoms with E-state index in [1.54, 1.807) is 34.1 Å². The predicted octanol–water partition coefficient (Wildman–Crippen LogP) is 3.03. The number of likely N-dealkylation sites (tertiary alicyclic amines) is 1. The third kappa shape index (κ3) is 8.40. The van der Waals surface area contributed by atoms with Gasteiger partial charge in [0.15, 0.2) is 11.5 Å². The lowest BCUT2D eigenvalue weighted by Crippen LogP contribution is -2.57. The number of carbonyl (C=O) groups excluding carboxylic acids is 3. The number of rotatable bonds is 6. The third-order valence-electron chi connectivity index (χ3n) is 8.72. The first-order valence-corrected chi connectivity index (χ1v) is 15.8. The van der Waals surface area contributed by atoms with Crippen LogP contribution in [0.2, 0.25) is 0 Å². The van der Waals surface area contributed by atoms with E-state index in [0.717, 1.165) is 29.9 Å². The number of amides is 4. The van der Waals surface area contributed by atoms with Gasteiger partial charge in [0, 0.05) is 69.3 Å². The number of nitriles is 1. The minimum absolute atomic E-state index is 0.00173. The van der Waals surface area contributed by atoms with Crippen LogP contribution in [0.1, 0.15) is 58.9 Å². The second-order valence-electron chi connectivity index (χ2n) is 12.3. The van der Waals surface area contributed by atoms with Crippen LogP contribution in [0.25, 0.3) is 11.3 Å². The maximum atomic E-state index is 13.7. The van der Waals surface area contributed by atoms with Gasteiger partial charge in [0.2, 0.25) is 0 Å². The van der Waals surface area contributed by atoms with E-state index in [1.807, 2.05) is 18.7 Å². The summed E-state index contributed by atoms with van der Waals surface area (Å²) in [6, 6.07) is 6.63. The molecule has 5 rings (SSSR count). The Hall–Kier alpha value is -5.44. The summed E-state index contributed by atoms with van der Waals surface area (Å²) in [6.07, 6.45) is -0.559. The number of nitrogens with one attached hydrogen (secondary N) is 1. The number of carbonyl (C=O) groups is 4. The molecule has 0 atom stereocenters. The highest BCUT2D eigenvalue weighted by Crippen LogP contribution is 2.36. The first-order valence-electron chi connectivity index (χ1n) is 15.8. The lowest BCUT2D eigenvalue weighted by Gasteiger charge is -2.41. The number of hydrogen-bond donors (Lipinski definition) is 3. The maximum absolute atomic E-state index is 13.7. The molecule has 2 aromatic heterocycles.